The SMILES string of the molecule is CCCCCCCC(=O)N(CCN1CCOCC1)C1C=C(C(=O)NCCO)C2c3cc(CO)cc(OC)c3OC2C1O. The highest BCUT2D eigenvalue weighted by Gasteiger charge is 2.51. The van der Waals surface area contributed by atoms with E-state index >= 15 is 0 Å². The van der Waals surface area contributed by atoms with Gasteiger partial charge in [-0.2, -0.15) is 0 Å². The number of methoxy groups -OCH3 is 1. The van der Waals surface area contributed by atoms with Gasteiger partial charge >= 0.3 is 0 Å². The van der Waals surface area contributed by atoms with Crippen molar-refractivity contribution in [2.45, 2.75) is 76.2 Å². The van der Waals surface area contributed by atoms with Gasteiger partial charge in [-0.1, -0.05) is 32.6 Å². The summed E-state index contributed by atoms with van der Waals surface area (Å²) in [6.07, 6.45) is 5.14. The van der Waals surface area contributed by atoms with Crippen LogP contribution in [0.4, 0.5) is 0 Å². The number of fused-ring (bicyclic) bond motifs is 3. The van der Waals surface area contributed by atoms with Gasteiger partial charge in [-0.05, 0) is 30.2 Å². The molecule has 1 saturated heterocycles. The number of carbonyl (C=O) groups excluding carboxylic acids is 2. The maximum absolute atomic E-state index is 13.8. The fraction of sp³-hybridized carbons (Fsp3) is 0.677. The fourth-order valence-corrected chi connectivity index (χ4v) is 6.16. The molecule has 1 fully saturated rings. The Kier molecular flexibility index (Phi) is 12.0. The first-order valence-electron chi connectivity index (χ1n) is 15.3. The van der Waals surface area contributed by atoms with Crippen LogP contribution in [0.3, 0.4) is 0 Å². The van der Waals surface area contributed by atoms with E-state index in [0.29, 0.717) is 60.9 Å². The molecule has 234 valence electrons. The number of unbranched alkanes of at least 4 members (excludes halogenated alkanes) is 4. The molecule has 3 aliphatic rings. The van der Waals surface area contributed by atoms with Gasteiger partial charge in [-0.15, -0.1) is 0 Å². The number of ether oxygens (including phenoxy) is 3. The number of nitrogens with zero attached hydrogens (tertiary/aromatic N) is 2. The number of rotatable bonds is 15. The third-order valence-corrected chi connectivity index (χ3v) is 8.43. The lowest BCUT2D eigenvalue weighted by Crippen LogP contribution is -2.57. The summed E-state index contributed by atoms with van der Waals surface area (Å²) in [6, 6.07) is 2.65. The van der Waals surface area contributed by atoms with E-state index in [4.69, 9.17) is 14.2 Å². The average Bonchev–Trinajstić information content (AvgIpc) is 3.40. The highest BCUT2D eigenvalue weighted by Crippen LogP contribution is 2.51. The van der Waals surface area contributed by atoms with Crippen LogP contribution in [0, 0.1) is 0 Å². The molecule has 0 radical (unpaired) electrons. The zero-order valence-corrected chi connectivity index (χ0v) is 24.9. The molecule has 1 aromatic rings. The zero-order valence-electron chi connectivity index (χ0n) is 24.9. The molecule has 4 atom stereocenters. The van der Waals surface area contributed by atoms with Crippen molar-refractivity contribution in [3.63, 3.8) is 0 Å². The molecule has 4 rings (SSSR count). The lowest BCUT2D eigenvalue weighted by Gasteiger charge is -2.41. The molecule has 4 unspecified atom stereocenters. The standard InChI is InChI=1S/C31H47N3O8/c1-3-4-5-6-7-8-26(37)34(11-10-33-12-15-41-16-13-33)24-19-23(31(39)32-9-14-35)27-22-17-21(20-36)18-25(40-2)29(22)42-30(27)28(24)38/h17-19,24,27-28,30,35-36,38H,3-16,20H2,1-2H3,(H,32,39). The first-order valence-corrected chi connectivity index (χ1v) is 15.3. The second-order valence-corrected chi connectivity index (χ2v) is 11.2. The van der Waals surface area contributed by atoms with Crippen molar-refractivity contribution in [1.29, 1.82) is 0 Å². The minimum atomic E-state index is -1.12. The van der Waals surface area contributed by atoms with Gasteiger partial charge < -0.3 is 39.7 Å². The average molecular weight is 590 g/mol. The third kappa shape index (κ3) is 7.44. The van der Waals surface area contributed by atoms with Crippen molar-refractivity contribution in [3.05, 3.63) is 34.9 Å². The Morgan fingerprint density at radius 2 is 1.90 bits per heavy atom. The van der Waals surface area contributed by atoms with Crippen LogP contribution in [-0.4, -0.2) is 115 Å². The number of aliphatic hydroxyl groups excluding tert-OH is 3. The molecule has 2 amide bonds. The van der Waals surface area contributed by atoms with Crippen molar-refractivity contribution in [2.24, 2.45) is 0 Å². The summed E-state index contributed by atoms with van der Waals surface area (Å²) >= 11 is 0. The number of amides is 2. The lowest BCUT2D eigenvalue weighted by molar-refractivity contribution is -0.137. The molecule has 0 aromatic heterocycles. The van der Waals surface area contributed by atoms with Gasteiger partial charge in [-0.25, -0.2) is 0 Å². The van der Waals surface area contributed by atoms with Crippen molar-refractivity contribution in [1.82, 2.24) is 15.1 Å². The second kappa shape index (κ2) is 15.7. The van der Waals surface area contributed by atoms with Crippen LogP contribution < -0.4 is 14.8 Å². The summed E-state index contributed by atoms with van der Waals surface area (Å²) in [6.45, 7) is 5.59. The predicted octanol–water partition coefficient (Wildman–Crippen LogP) is 1.33. The summed E-state index contributed by atoms with van der Waals surface area (Å²) in [5.74, 6) is -0.301. The molecule has 1 aromatic carbocycles. The summed E-state index contributed by atoms with van der Waals surface area (Å²) in [4.78, 5) is 31.2. The number of hydrogen-bond acceptors (Lipinski definition) is 9. The van der Waals surface area contributed by atoms with Crippen LogP contribution in [0.2, 0.25) is 0 Å². The zero-order chi connectivity index (χ0) is 30.1. The maximum atomic E-state index is 13.8. The Morgan fingerprint density at radius 3 is 2.60 bits per heavy atom. The number of benzene rings is 1. The maximum Gasteiger partial charge on any atom is 0.247 e. The monoisotopic (exact) mass is 589 g/mol. The molecule has 0 spiro atoms. The Balaban J connectivity index is 1.67. The Morgan fingerprint density at radius 1 is 1.14 bits per heavy atom. The van der Waals surface area contributed by atoms with E-state index in [0.717, 1.165) is 45.2 Å². The molecule has 0 saturated carbocycles. The Hall–Kier alpha value is -2.70. The molecule has 0 bridgehead atoms. The van der Waals surface area contributed by atoms with Crippen LogP contribution in [-0.2, 0) is 20.9 Å². The van der Waals surface area contributed by atoms with Crippen LogP contribution >= 0.6 is 0 Å². The van der Waals surface area contributed by atoms with Crippen molar-refractivity contribution in [2.75, 3.05) is 59.7 Å². The topological polar surface area (TPSA) is 141 Å². The number of aliphatic hydroxyl groups is 3. The summed E-state index contributed by atoms with van der Waals surface area (Å²) in [5.41, 5.74) is 1.58. The molecule has 42 heavy (non-hydrogen) atoms. The van der Waals surface area contributed by atoms with Crippen LogP contribution in [0.5, 0.6) is 11.5 Å². The van der Waals surface area contributed by atoms with Gasteiger partial charge in [0.1, 0.15) is 12.2 Å². The summed E-state index contributed by atoms with van der Waals surface area (Å²) in [5, 5.41) is 33.8. The van der Waals surface area contributed by atoms with E-state index in [1.54, 1.807) is 23.1 Å². The van der Waals surface area contributed by atoms with E-state index in [1.807, 2.05) is 0 Å². The van der Waals surface area contributed by atoms with Crippen LogP contribution in [0.25, 0.3) is 0 Å². The second-order valence-electron chi connectivity index (χ2n) is 11.2. The Bertz CT molecular complexity index is 1090. The number of carbonyl (C=O) groups is 2. The quantitative estimate of drug-likeness (QED) is 0.223. The molecule has 2 aliphatic heterocycles. The van der Waals surface area contributed by atoms with Crippen molar-refractivity contribution < 1.29 is 39.1 Å². The van der Waals surface area contributed by atoms with E-state index in [-0.39, 0.29) is 25.7 Å². The predicted molar refractivity (Wildman–Crippen MR) is 156 cm³/mol. The minimum absolute atomic E-state index is 0.0614. The number of nitrogens with one attached hydrogen (secondary N) is 1. The Labute approximate surface area is 248 Å². The van der Waals surface area contributed by atoms with Crippen LogP contribution in [0.1, 0.15) is 62.5 Å². The smallest absolute Gasteiger partial charge is 0.247 e. The van der Waals surface area contributed by atoms with Gasteiger partial charge in [0, 0.05) is 50.3 Å². The fourth-order valence-electron chi connectivity index (χ4n) is 6.16. The minimum Gasteiger partial charge on any atom is -0.493 e. The lowest BCUT2D eigenvalue weighted by atomic mass is 9.77. The van der Waals surface area contributed by atoms with Gasteiger partial charge in [0.15, 0.2) is 11.5 Å². The van der Waals surface area contributed by atoms with Gasteiger partial charge in [0.2, 0.25) is 11.8 Å². The molecular formula is C31H47N3O8. The highest BCUT2D eigenvalue weighted by molar-refractivity contribution is 5.96. The third-order valence-electron chi connectivity index (χ3n) is 8.43. The molecular weight excluding hydrogens is 542 g/mol. The van der Waals surface area contributed by atoms with E-state index in [1.165, 1.54) is 7.11 Å². The van der Waals surface area contributed by atoms with Crippen molar-refractivity contribution >= 4 is 11.8 Å². The normalized spacial score (nSPS) is 23.4. The van der Waals surface area contributed by atoms with E-state index in [9.17, 15) is 24.9 Å². The molecule has 11 heteroatoms. The number of morpholine rings is 1. The molecule has 1 aliphatic carbocycles. The van der Waals surface area contributed by atoms with Gasteiger partial charge in [0.05, 0.1) is 45.5 Å². The van der Waals surface area contributed by atoms with Crippen LogP contribution in [0.15, 0.2) is 23.8 Å². The first-order chi connectivity index (χ1) is 20.4. The molecule has 11 nitrogen and oxygen atoms in total. The number of hydrogen-bond donors (Lipinski definition) is 4. The largest absolute Gasteiger partial charge is 0.493 e. The highest BCUT2D eigenvalue weighted by atomic mass is 16.5. The van der Waals surface area contributed by atoms with Crippen molar-refractivity contribution in [3.8, 4) is 11.5 Å². The van der Waals surface area contributed by atoms with Gasteiger partial charge in [0.25, 0.3) is 0 Å². The van der Waals surface area contributed by atoms with E-state index in [2.05, 4.69) is 17.1 Å². The molecule has 4 N–H and O–H groups in total. The first kappa shape index (κ1) is 32.2. The van der Waals surface area contributed by atoms with Gasteiger partial charge in [-0.3, -0.25) is 14.5 Å². The van der Waals surface area contributed by atoms with E-state index < -0.39 is 30.1 Å². The summed E-state index contributed by atoms with van der Waals surface area (Å²) in [7, 11) is 1.50. The molecule has 2 heterocycles. The summed E-state index contributed by atoms with van der Waals surface area (Å²) < 4.78 is 17.3.